The van der Waals surface area contributed by atoms with E-state index in [9.17, 15) is 4.79 Å². The van der Waals surface area contributed by atoms with E-state index in [-0.39, 0.29) is 11.9 Å². The Balaban J connectivity index is 2.02. The van der Waals surface area contributed by atoms with Crippen molar-refractivity contribution in [3.8, 4) is 0 Å². The number of hydrogen-bond donors (Lipinski definition) is 1. The van der Waals surface area contributed by atoms with Crippen molar-refractivity contribution in [1.82, 2.24) is 4.90 Å². The average Bonchev–Trinajstić information content (AvgIpc) is 2.62. The first-order valence-electron chi connectivity index (χ1n) is 6.19. The Morgan fingerprint density at radius 2 is 1.94 bits per heavy atom. The Kier molecular flexibility index (Phi) is 3.36. The standard InChI is InChI=1S/C14H20N2O/c1-10(2)11-4-6-12(7-5-11)15-13-8-9-16(3)14(13)17/h4-7,10,13,15H,8-9H2,1-3H3. The zero-order valence-corrected chi connectivity index (χ0v) is 10.7. The van der Waals surface area contributed by atoms with Crippen LogP contribution in [0.15, 0.2) is 24.3 Å². The molecule has 92 valence electrons. The number of hydrogen-bond acceptors (Lipinski definition) is 2. The van der Waals surface area contributed by atoms with Crippen LogP contribution in [0, 0.1) is 0 Å². The lowest BCUT2D eigenvalue weighted by Crippen LogP contribution is -2.30. The zero-order chi connectivity index (χ0) is 12.4. The highest BCUT2D eigenvalue weighted by Gasteiger charge is 2.28. The Hall–Kier alpha value is -1.51. The molecule has 1 heterocycles. The molecule has 0 aromatic heterocycles. The smallest absolute Gasteiger partial charge is 0.244 e. The molecule has 0 aliphatic carbocycles. The van der Waals surface area contributed by atoms with Gasteiger partial charge < -0.3 is 10.2 Å². The summed E-state index contributed by atoms with van der Waals surface area (Å²) in [5.41, 5.74) is 2.36. The van der Waals surface area contributed by atoms with Gasteiger partial charge in [0.05, 0.1) is 0 Å². The molecule has 3 nitrogen and oxygen atoms in total. The highest BCUT2D eigenvalue weighted by molar-refractivity contribution is 5.86. The van der Waals surface area contributed by atoms with Crippen LogP contribution in [0.3, 0.4) is 0 Å². The van der Waals surface area contributed by atoms with E-state index >= 15 is 0 Å². The second kappa shape index (κ2) is 4.78. The summed E-state index contributed by atoms with van der Waals surface area (Å²) >= 11 is 0. The van der Waals surface area contributed by atoms with Crippen LogP contribution in [0.1, 0.15) is 31.7 Å². The molecule has 0 bridgehead atoms. The molecule has 1 aromatic carbocycles. The highest BCUT2D eigenvalue weighted by atomic mass is 16.2. The van der Waals surface area contributed by atoms with Crippen LogP contribution in [0.2, 0.25) is 0 Å². The lowest BCUT2D eigenvalue weighted by atomic mass is 10.0. The van der Waals surface area contributed by atoms with Gasteiger partial charge in [-0.2, -0.15) is 0 Å². The molecule has 0 saturated carbocycles. The van der Waals surface area contributed by atoms with E-state index < -0.39 is 0 Å². The third kappa shape index (κ3) is 2.60. The summed E-state index contributed by atoms with van der Waals surface area (Å²) in [6.45, 7) is 5.20. The Labute approximate surface area is 103 Å². The lowest BCUT2D eigenvalue weighted by Gasteiger charge is -2.14. The van der Waals surface area contributed by atoms with Crippen LogP contribution < -0.4 is 5.32 Å². The van der Waals surface area contributed by atoms with Crippen LogP contribution >= 0.6 is 0 Å². The van der Waals surface area contributed by atoms with Gasteiger partial charge in [0, 0.05) is 19.3 Å². The fraction of sp³-hybridized carbons (Fsp3) is 0.500. The summed E-state index contributed by atoms with van der Waals surface area (Å²) < 4.78 is 0. The van der Waals surface area contributed by atoms with Crippen molar-refractivity contribution in [2.75, 3.05) is 18.9 Å². The minimum atomic E-state index is -0.0510. The van der Waals surface area contributed by atoms with Crippen molar-refractivity contribution < 1.29 is 4.79 Å². The molecule has 2 rings (SSSR count). The molecule has 1 aliphatic heterocycles. The molecule has 1 aliphatic rings. The van der Waals surface area contributed by atoms with Crippen molar-refractivity contribution in [3.05, 3.63) is 29.8 Å². The van der Waals surface area contributed by atoms with E-state index in [1.807, 2.05) is 7.05 Å². The van der Waals surface area contributed by atoms with Gasteiger partial charge in [0.2, 0.25) is 5.91 Å². The predicted molar refractivity (Wildman–Crippen MR) is 70.2 cm³/mol. The first-order chi connectivity index (χ1) is 8.08. The number of amides is 1. The molecule has 3 heteroatoms. The largest absolute Gasteiger partial charge is 0.374 e. The summed E-state index contributed by atoms with van der Waals surface area (Å²) in [6, 6.07) is 8.30. The number of carbonyl (C=O) groups is 1. The maximum absolute atomic E-state index is 11.7. The monoisotopic (exact) mass is 232 g/mol. The van der Waals surface area contributed by atoms with Gasteiger partial charge >= 0.3 is 0 Å². The quantitative estimate of drug-likeness (QED) is 0.868. The Morgan fingerprint density at radius 3 is 2.41 bits per heavy atom. The van der Waals surface area contributed by atoms with Crippen LogP contribution in [0.25, 0.3) is 0 Å². The molecule has 1 saturated heterocycles. The molecule has 1 aromatic rings. The van der Waals surface area contributed by atoms with E-state index in [1.165, 1.54) is 5.56 Å². The summed E-state index contributed by atoms with van der Waals surface area (Å²) in [4.78, 5) is 13.5. The lowest BCUT2D eigenvalue weighted by molar-refractivity contribution is -0.127. The molecule has 1 amide bonds. The number of likely N-dealkylation sites (N-methyl/N-ethyl adjacent to an activating group) is 1. The number of likely N-dealkylation sites (tertiary alicyclic amines) is 1. The number of rotatable bonds is 3. The minimum Gasteiger partial charge on any atom is -0.374 e. The minimum absolute atomic E-state index is 0.0510. The number of anilines is 1. The Bertz CT molecular complexity index is 397. The molecule has 0 radical (unpaired) electrons. The molecule has 0 spiro atoms. The molecular formula is C14H20N2O. The summed E-state index contributed by atoms with van der Waals surface area (Å²) in [6.07, 6.45) is 0.890. The summed E-state index contributed by atoms with van der Waals surface area (Å²) in [5, 5.41) is 3.30. The van der Waals surface area contributed by atoms with Gasteiger partial charge in [0.15, 0.2) is 0 Å². The van der Waals surface area contributed by atoms with E-state index in [0.717, 1.165) is 18.7 Å². The summed E-state index contributed by atoms with van der Waals surface area (Å²) in [7, 11) is 1.85. The van der Waals surface area contributed by atoms with Gasteiger partial charge in [-0.05, 0) is 30.0 Å². The van der Waals surface area contributed by atoms with Crippen LogP contribution in [0.4, 0.5) is 5.69 Å². The summed E-state index contributed by atoms with van der Waals surface area (Å²) in [5.74, 6) is 0.737. The van der Waals surface area contributed by atoms with Crippen molar-refractivity contribution in [2.45, 2.75) is 32.2 Å². The fourth-order valence-electron chi connectivity index (χ4n) is 2.12. The third-order valence-electron chi connectivity index (χ3n) is 3.35. The van der Waals surface area contributed by atoms with Crippen molar-refractivity contribution in [2.24, 2.45) is 0 Å². The number of nitrogens with one attached hydrogen (secondary N) is 1. The van der Waals surface area contributed by atoms with Crippen molar-refractivity contribution in [3.63, 3.8) is 0 Å². The van der Waals surface area contributed by atoms with Crippen molar-refractivity contribution >= 4 is 11.6 Å². The van der Waals surface area contributed by atoms with E-state index in [1.54, 1.807) is 4.90 Å². The molecule has 17 heavy (non-hydrogen) atoms. The van der Waals surface area contributed by atoms with E-state index in [4.69, 9.17) is 0 Å². The van der Waals surface area contributed by atoms with Crippen molar-refractivity contribution in [1.29, 1.82) is 0 Å². The van der Waals surface area contributed by atoms with Gasteiger partial charge in [-0.3, -0.25) is 4.79 Å². The topological polar surface area (TPSA) is 32.3 Å². The maximum Gasteiger partial charge on any atom is 0.244 e. The molecule has 1 N–H and O–H groups in total. The highest BCUT2D eigenvalue weighted by Crippen LogP contribution is 2.19. The van der Waals surface area contributed by atoms with E-state index in [2.05, 4.69) is 43.4 Å². The van der Waals surface area contributed by atoms with Crippen LogP contribution in [0.5, 0.6) is 0 Å². The van der Waals surface area contributed by atoms with Gasteiger partial charge in [0.1, 0.15) is 6.04 Å². The van der Waals surface area contributed by atoms with Crippen LogP contribution in [-0.2, 0) is 4.79 Å². The third-order valence-corrected chi connectivity index (χ3v) is 3.35. The normalized spacial score (nSPS) is 20.1. The Morgan fingerprint density at radius 1 is 1.29 bits per heavy atom. The predicted octanol–water partition coefficient (Wildman–Crippen LogP) is 2.45. The fourth-order valence-corrected chi connectivity index (χ4v) is 2.12. The molecular weight excluding hydrogens is 212 g/mol. The van der Waals surface area contributed by atoms with Gasteiger partial charge in [0.25, 0.3) is 0 Å². The average molecular weight is 232 g/mol. The number of carbonyl (C=O) groups excluding carboxylic acids is 1. The second-order valence-corrected chi connectivity index (χ2v) is 5.02. The number of nitrogens with zero attached hydrogens (tertiary/aromatic N) is 1. The van der Waals surface area contributed by atoms with Gasteiger partial charge in [-0.15, -0.1) is 0 Å². The molecule has 1 unspecified atom stereocenters. The van der Waals surface area contributed by atoms with Gasteiger partial charge in [-0.25, -0.2) is 0 Å². The first-order valence-corrected chi connectivity index (χ1v) is 6.19. The SMILES string of the molecule is CC(C)c1ccc(NC2CCN(C)C2=O)cc1. The molecule has 1 atom stereocenters. The van der Waals surface area contributed by atoms with E-state index in [0.29, 0.717) is 5.92 Å². The van der Waals surface area contributed by atoms with Gasteiger partial charge in [-0.1, -0.05) is 26.0 Å². The zero-order valence-electron chi connectivity index (χ0n) is 10.7. The van der Waals surface area contributed by atoms with Crippen LogP contribution in [-0.4, -0.2) is 30.4 Å². The molecule has 1 fully saturated rings. The first kappa shape index (κ1) is 12.0. The number of benzene rings is 1. The second-order valence-electron chi connectivity index (χ2n) is 5.02. The maximum atomic E-state index is 11.7.